The van der Waals surface area contributed by atoms with E-state index in [2.05, 4.69) is 15.6 Å². The molecule has 4 N–H and O–H groups in total. The minimum Gasteiger partial charge on any atom is -0.456 e. The molecule has 1 aromatic heterocycles. The number of amides is 1. The lowest BCUT2D eigenvalue weighted by Crippen LogP contribution is -2.46. The Bertz CT molecular complexity index is 919. The van der Waals surface area contributed by atoms with Crippen molar-refractivity contribution in [3.05, 3.63) is 65.4 Å². The Balaban J connectivity index is 2.02. The summed E-state index contributed by atoms with van der Waals surface area (Å²) in [5.41, 5.74) is 6.93. The number of benzene rings is 1. The summed E-state index contributed by atoms with van der Waals surface area (Å²) < 4.78 is 11.2. The number of carbonyl (C=O) groups excluding carboxylic acids is 1. The Morgan fingerprint density at radius 2 is 1.82 bits per heavy atom. The van der Waals surface area contributed by atoms with E-state index in [0.717, 1.165) is 16.8 Å². The van der Waals surface area contributed by atoms with E-state index in [9.17, 15) is 4.79 Å². The topological polar surface area (TPSA) is 98.5 Å². The highest BCUT2D eigenvalue weighted by Gasteiger charge is 2.34. The molecule has 1 amide bonds. The summed E-state index contributed by atoms with van der Waals surface area (Å²) in [5, 5.41) is 6.15. The monoisotopic (exact) mass is 382 g/mol. The Hall–Kier alpha value is -3.22. The van der Waals surface area contributed by atoms with Crippen LogP contribution < -0.4 is 21.1 Å². The highest BCUT2D eigenvalue weighted by Crippen LogP contribution is 2.37. The molecule has 0 bridgehead atoms. The van der Waals surface area contributed by atoms with Gasteiger partial charge < -0.3 is 25.8 Å². The van der Waals surface area contributed by atoms with Gasteiger partial charge in [-0.2, -0.15) is 0 Å². The van der Waals surface area contributed by atoms with E-state index in [4.69, 9.17) is 15.2 Å². The maximum atomic E-state index is 12.6. The van der Waals surface area contributed by atoms with Crippen LogP contribution in [0, 0.1) is 0 Å². The smallest absolute Gasteiger partial charge is 0.408 e. The highest BCUT2D eigenvalue weighted by atomic mass is 16.6. The molecule has 0 saturated carbocycles. The Morgan fingerprint density at radius 3 is 2.46 bits per heavy atom. The lowest BCUT2D eigenvalue weighted by molar-refractivity contribution is 0.0479. The number of hydrogen-bond donors (Lipinski definition) is 3. The first-order valence-corrected chi connectivity index (χ1v) is 9.06. The quantitative estimate of drug-likeness (QED) is 0.746. The molecule has 0 saturated heterocycles. The summed E-state index contributed by atoms with van der Waals surface area (Å²) in [6, 6.07) is 9.39. The second kappa shape index (κ2) is 7.07. The molecule has 3 rings (SSSR count). The molecule has 1 aliphatic rings. The zero-order chi connectivity index (χ0) is 20.5. The third-order valence-electron chi connectivity index (χ3n) is 4.48. The number of nitrogens with zero attached hydrogens (tertiary/aromatic N) is 1. The summed E-state index contributed by atoms with van der Waals surface area (Å²) in [4.78, 5) is 16.7. The second-order valence-electron chi connectivity index (χ2n) is 7.90. The van der Waals surface area contributed by atoms with Crippen molar-refractivity contribution >= 4 is 11.8 Å². The normalized spacial score (nSPS) is 15.6. The number of rotatable bonds is 3. The number of nitrogens with one attached hydrogen (secondary N) is 2. The number of anilines is 1. The molecule has 2 heterocycles. The molecule has 2 aromatic rings. The molecule has 7 heteroatoms. The number of carbonyl (C=O) groups is 1. The molecular weight excluding hydrogens is 356 g/mol. The average molecular weight is 382 g/mol. The van der Waals surface area contributed by atoms with Gasteiger partial charge in [0.25, 0.3) is 0 Å². The fraction of sp³-hybridized carbons (Fsp3) is 0.333. The zero-order valence-corrected chi connectivity index (χ0v) is 16.8. The molecule has 1 unspecified atom stereocenters. The van der Waals surface area contributed by atoms with Crippen LogP contribution in [0.3, 0.4) is 0 Å². The van der Waals surface area contributed by atoms with Crippen LogP contribution in [0.15, 0.2) is 54.3 Å². The van der Waals surface area contributed by atoms with Crippen molar-refractivity contribution in [3.63, 3.8) is 0 Å². The SMILES string of the molecule is CC1=C(N)Nc2cc(C(C)(NC(=O)OC(C)(C)C)c3ccncc3)ccc2O1. The molecule has 7 nitrogen and oxygen atoms in total. The largest absolute Gasteiger partial charge is 0.456 e. The molecule has 0 radical (unpaired) electrons. The average Bonchev–Trinajstić information content (AvgIpc) is 2.61. The van der Waals surface area contributed by atoms with Gasteiger partial charge in [-0.25, -0.2) is 4.79 Å². The van der Waals surface area contributed by atoms with E-state index in [1.807, 2.05) is 58.0 Å². The molecule has 0 spiro atoms. The third kappa shape index (κ3) is 4.03. The molecule has 1 aromatic carbocycles. The fourth-order valence-corrected chi connectivity index (χ4v) is 2.98. The second-order valence-corrected chi connectivity index (χ2v) is 7.90. The number of nitrogens with two attached hydrogens (primary N) is 1. The Morgan fingerprint density at radius 1 is 1.14 bits per heavy atom. The first kappa shape index (κ1) is 19.5. The number of fused-ring (bicyclic) bond motifs is 1. The predicted octanol–water partition coefficient (Wildman–Crippen LogP) is 3.82. The minimum atomic E-state index is -0.854. The lowest BCUT2D eigenvalue weighted by Gasteiger charge is -2.34. The van der Waals surface area contributed by atoms with E-state index in [1.165, 1.54) is 0 Å². The Labute approximate surface area is 164 Å². The molecule has 1 atom stereocenters. The van der Waals surface area contributed by atoms with E-state index in [1.54, 1.807) is 19.3 Å². The van der Waals surface area contributed by atoms with E-state index in [-0.39, 0.29) is 0 Å². The number of pyridine rings is 1. The summed E-state index contributed by atoms with van der Waals surface area (Å²) in [7, 11) is 0. The van der Waals surface area contributed by atoms with Crippen LogP contribution in [0.2, 0.25) is 0 Å². The summed E-state index contributed by atoms with van der Waals surface area (Å²) in [6.07, 6.45) is 2.87. The Kier molecular flexibility index (Phi) is 4.93. The van der Waals surface area contributed by atoms with Crippen LogP contribution in [-0.4, -0.2) is 16.7 Å². The molecule has 148 valence electrons. The highest BCUT2D eigenvalue weighted by molar-refractivity contribution is 5.71. The van der Waals surface area contributed by atoms with Gasteiger partial charge in [0.2, 0.25) is 0 Å². The van der Waals surface area contributed by atoms with Crippen LogP contribution >= 0.6 is 0 Å². The first-order chi connectivity index (χ1) is 13.1. The van der Waals surface area contributed by atoms with Gasteiger partial charge in [-0.15, -0.1) is 0 Å². The van der Waals surface area contributed by atoms with Gasteiger partial charge in [0.1, 0.15) is 17.2 Å². The summed E-state index contributed by atoms with van der Waals surface area (Å²) >= 11 is 0. The van der Waals surface area contributed by atoms with Crippen molar-refractivity contribution in [2.45, 2.75) is 45.8 Å². The van der Waals surface area contributed by atoms with Gasteiger partial charge in [0.05, 0.1) is 11.2 Å². The van der Waals surface area contributed by atoms with Crippen LogP contribution in [0.1, 0.15) is 45.7 Å². The number of alkyl carbamates (subject to hydrolysis) is 1. The van der Waals surface area contributed by atoms with Gasteiger partial charge in [-0.05, 0) is 70.0 Å². The van der Waals surface area contributed by atoms with Gasteiger partial charge in [-0.3, -0.25) is 4.98 Å². The van der Waals surface area contributed by atoms with Crippen molar-refractivity contribution in [1.82, 2.24) is 10.3 Å². The number of hydrogen-bond acceptors (Lipinski definition) is 6. The van der Waals surface area contributed by atoms with Crippen LogP contribution in [0.5, 0.6) is 5.75 Å². The maximum Gasteiger partial charge on any atom is 0.408 e. The first-order valence-electron chi connectivity index (χ1n) is 9.06. The van der Waals surface area contributed by atoms with Gasteiger partial charge in [0, 0.05) is 12.4 Å². The minimum absolute atomic E-state index is 0.454. The predicted molar refractivity (Wildman–Crippen MR) is 108 cm³/mol. The molecular formula is C21H26N4O3. The zero-order valence-electron chi connectivity index (χ0n) is 16.8. The van der Waals surface area contributed by atoms with Crippen molar-refractivity contribution < 1.29 is 14.3 Å². The summed E-state index contributed by atoms with van der Waals surface area (Å²) in [6.45, 7) is 9.20. The maximum absolute atomic E-state index is 12.6. The van der Waals surface area contributed by atoms with E-state index >= 15 is 0 Å². The molecule has 28 heavy (non-hydrogen) atoms. The molecule has 1 aliphatic heterocycles. The van der Waals surface area contributed by atoms with Crippen molar-refractivity contribution in [2.24, 2.45) is 5.73 Å². The van der Waals surface area contributed by atoms with Gasteiger partial charge in [0.15, 0.2) is 5.75 Å². The van der Waals surface area contributed by atoms with Gasteiger partial charge in [-0.1, -0.05) is 6.07 Å². The standard InChI is InChI=1S/C21H26N4O3/c1-13-18(22)24-16-12-15(6-7-17(16)27-13)21(5,14-8-10-23-11-9-14)25-19(26)28-20(2,3)4/h6-12,24H,22H2,1-5H3,(H,25,26). The fourth-order valence-electron chi connectivity index (χ4n) is 2.98. The van der Waals surface area contributed by atoms with Crippen molar-refractivity contribution in [1.29, 1.82) is 0 Å². The van der Waals surface area contributed by atoms with Crippen molar-refractivity contribution in [3.8, 4) is 5.75 Å². The van der Waals surface area contributed by atoms with Crippen LogP contribution in [0.4, 0.5) is 10.5 Å². The van der Waals surface area contributed by atoms with Gasteiger partial charge >= 0.3 is 6.09 Å². The molecule has 0 fully saturated rings. The third-order valence-corrected chi connectivity index (χ3v) is 4.48. The van der Waals surface area contributed by atoms with Crippen molar-refractivity contribution in [2.75, 3.05) is 5.32 Å². The van der Waals surface area contributed by atoms with Crippen LogP contribution in [-0.2, 0) is 10.3 Å². The van der Waals surface area contributed by atoms with E-state index < -0.39 is 17.2 Å². The molecule has 0 aliphatic carbocycles. The number of aromatic nitrogens is 1. The number of ether oxygens (including phenoxy) is 2. The summed E-state index contributed by atoms with van der Waals surface area (Å²) in [5.74, 6) is 1.74. The van der Waals surface area contributed by atoms with E-state index in [0.29, 0.717) is 17.3 Å². The van der Waals surface area contributed by atoms with Crippen LogP contribution in [0.25, 0.3) is 0 Å². The lowest BCUT2D eigenvalue weighted by atomic mass is 9.84. The number of allylic oxidation sites excluding steroid dienone is 1.